The van der Waals surface area contributed by atoms with Crippen molar-refractivity contribution in [1.82, 2.24) is 10.6 Å². The number of primary amides is 1. The number of rotatable bonds is 12. The summed E-state index contributed by atoms with van der Waals surface area (Å²) in [4.78, 5) is 41.3. The Morgan fingerprint density at radius 2 is 1.55 bits per heavy atom. The molecule has 0 saturated heterocycles. The predicted molar refractivity (Wildman–Crippen MR) is 125 cm³/mol. The molecular weight excluding hydrogens is 424 g/mol. The molecule has 0 radical (unpaired) electrons. The maximum atomic E-state index is 13.0. The van der Waals surface area contributed by atoms with Gasteiger partial charge >= 0.3 is 0 Å². The van der Waals surface area contributed by atoms with E-state index in [1.165, 1.54) is 12.1 Å². The van der Waals surface area contributed by atoms with Crippen LogP contribution in [0, 0.1) is 0 Å². The third-order valence-electron chi connectivity index (χ3n) is 4.84. The normalized spacial score (nSPS) is 12.2. The lowest BCUT2D eigenvalue weighted by Crippen LogP contribution is -2.53. The minimum Gasteiger partial charge on any atom is -0.508 e. The molecule has 3 amide bonds. The van der Waals surface area contributed by atoms with Crippen LogP contribution in [0.3, 0.4) is 0 Å². The number of benzene rings is 2. The molecule has 0 aliphatic rings. The second kappa shape index (κ2) is 12.7. The molecule has 2 rings (SSSR count). The lowest BCUT2D eigenvalue weighted by atomic mass is 10.0. The number of amides is 3. The first kappa shape index (κ1) is 25.2. The second-order valence-electron chi connectivity index (χ2n) is 7.57. The van der Waals surface area contributed by atoms with E-state index in [0.717, 1.165) is 5.56 Å². The van der Waals surface area contributed by atoms with Crippen LogP contribution in [0.2, 0.25) is 0 Å². The molecule has 0 aliphatic carbocycles. The highest BCUT2D eigenvalue weighted by atomic mass is 16.3. The smallest absolute Gasteiger partial charge is 0.243 e. The van der Waals surface area contributed by atoms with Gasteiger partial charge in [-0.2, -0.15) is 0 Å². The maximum Gasteiger partial charge on any atom is 0.243 e. The molecule has 0 bridgehead atoms. The SMILES string of the molecule is NC(=O)[C@H](Cc1ccccc1)NC(=O)[C@H](CCCN=C(N)N)NC(=O)Cc1ccc(O)cc1. The number of phenols is 1. The molecule has 2 aromatic rings. The van der Waals surface area contributed by atoms with Crippen molar-refractivity contribution in [3.05, 3.63) is 65.7 Å². The average Bonchev–Trinajstić information content (AvgIpc) is 2.77. The van der Waals surface area contributed by atoms with E-state index in [4.69, 9.17) is 17.2 Å². The van der Waals surface area contributed by atoms with Gasteiger partial charge in [-0.15, -0.1) is 0 Å². The number of phenolic OH excluding ortho intramolecular Hbond substituents is 1. The Kier molecular flexibility index (Phi) is 9.69. The summed E-state index contributed by atoms with van der Waals surface area (Å²) in [7, 11) is 0. The standard InChI is InChI=1S/C23H30N6O4/c24-21(32)19(13-15-5-2-1-3-6-15)29-22(33)18(7-4-12-27-23(25)26)28-20(31)14-16-8-10-17(30)11-9-16/h1-3,5-6,8-11,18-19,30H,4,7,12-14H2,(H2,24,32)(H,28,31)(H,29,33)(H4,25,26,27)/t18-,19-/m0/s1. The summed E-state index contributed by atoms with van der Waals surface area (Å²) in [5, 5.41) is 14.7. The number of aliphatic imine (C=N–C) groups is 1. The molecular formula is C23H30N6O4. The van der Waals surface area contributed by atoms with E-state index >= 15 is 0 Å². The Morgan fingerprint density at radius 1 is 0.879 bits per heavy atom. The van der Waals surface area contributed by atoms with Crippen molar-refractivity contribution in [2.75, 3.05) is 6.54 Å². The van der Waals surface area contributed by atoms with Crippen LogP contribution < -0.4 is 27.8 Å². The zero-order valence-corrected chi connectivity index (χ0v) is 18.2. The van der Waals surface area contributed by atoms with Crippen molar-refractivity contribution in [2.45, 2.75) is 37.8 Å². The highest BCUT2D eigenvalue weighted by Gasteiger charge is 2.25. The van der Waals surface area contributed by atoms with Gasteiger partial charge < -0.3 is 32.9 Å². The number of nitrogens with zero attached hydrogens (tertiary/aromatic N) is 1. The van der Waals surface area contributed by atoms with Crippen molar-refractivity contribution in [1.29, 1.82) is 0 Å². The van der Waals surface area contributed by atoms with Gasteiger partial charge in [-0.05, 0) is 36.1 Å². The minimum absolute atomic E-state index is 0.0151. The number of hydrogen-bond acceptors (Lipinski definition) is 5. The van der Waals surface area contributed by atoms with E-state index in [1.54, 1.807) is 12.1 Å². The molecule has 0 saturated carbocycles. The van der Waals surface area contributed by atoms with Gasteiger partial charge in [0.25, 0.3) is 0 Å². The van der Waals surface area contributed by atoms with Gasteiger partial charge in [0, 0.05) is 13.0 Å². The number of aromatic hydroxyl groups is 1. The molecule has 10 heteroatoms. The fourth-order valence-corrected chi connectivity index (χ4v) is 3.16. The first-order chi connectivity index (χ1) is 15.7. The van der Waals surface area contributed by atoms with E-state index < -0.39 is 23.9 Å². The highest BCUT2D eigenvalue weighted by Crippen LogP contribution is 2.10. The summed E-state index contributed by atoms with van der Waals surface area (Å²) in [6, 6.07) is 13.5. The van der Waals surface area contributed by atoms with Crippen LogP contribution in [0.4, 0.5) is 0 Å². The Balaban J connectivity index is 2.06. The number of nitrogens with one attached hydrogen (secondary N) is 2. The lowest BCUT2D eigenvalue weighted by molar-refractivity contribution is -0.131. The first-order valence-corrected chi connectivity index (χ1v) is 10.5. The topological polar surface area (TPSA) is 186 Å². The van der Waals surface area contributed by atoms with Crippen molar-refractivity contribution in [2.24, 2.45) is 22.2 Å². The number of guanidine groups is 1. The van der Waals surface area contributed by atoms with E-state index in [-0.39, 0.29) is 43.4 Å². The van der Waals surface area contributed by atoms with Crippen LogP contribution in [0.1, 0.15) is 24.0 Å². The van der Waals surface area contributed by atoms with E-state index in [1.807, 2.05) is 30.3 Å². The van der Waals surface area contributed by atoms with Gasteiger partial charge in [-0.25, -0.2) is 0 Å². The molecule has 2 aromatic carbocycles. The Bertz CT molecular complexity index is 959. The number of carbonyl (C=O) groups excluding carboxylic acids is 3. The van der Waals surface area contributed by atoms with Crippen LogP contribution >= 0.6 is 0 Å². The van der Waals surface area contributed by atoms with Gasteiger partial charge in [0.15, 0.2) is 5.96 Å². The summed E-state index contributed by atoms with van der Waals surface area (Å²) in [5.74, 6) is -1.57. The summed E-state index contributed by atoms with van der Waals surface area (Å²) >= 11 is 0. The molecule has 2 atom stereocenters. The zero-order chi connectivity index (χ0) is 24.2. The van der Waals surface area contributed by atoms with E-state index in [0.29, 0.717) is 12.0 Å². The summed E-state index contributed by atoms with van der Waals surface area (Å²) < 4.78 is 0. The Hall–Kier alpha value is -4.08. The molecule has 10 nitrogen and oxygen atoms in total. The van der Waals surface area contributed by atoms with Crippen LogP contribution in [0.15, 0.2) is 59.6 Å². The quantitative estimate of drug-likeness (QED) is 0.145. The fourth-order valence-electron chi connectivity index (χ4n) is 3.16. The molecule has 0 fully saturated rings. The van der Waals surface area contributed by atoms with Crippen LogP contribution in [0.25, 0.3) is 0 Å². The second-order valence-corrected chi connectivity index (χ2v) is 7.57. The third-order valence-corrected chi connectivity index (χ3v) is 4.84. The summed E-state index contributed by atoms with van der Waals surface area (Å²) in [6.45, 7) is 0.281. The molecule has 0 aliphatic heterocycles. The van der Waals surface area contributed by atoms with Gasteiger partial charge in [0.2, 0.25) is 17.7 Å². The largest absolute Gasteiger partial charge is 0.508 e. The van der Waals surface area contributed by atoms with Crippen LogP contribution in [-0.2, 0) is 27.2 Å². The fraction of sp³-hybridized carbons (Fsp3) is 0.304. The van der Waals surface area contributed by atoms with E-state index in [2.05, 4.69) is 15.6 Å². The van der Waals surface area contributed by atoms with Gasteiger partial charge in [-0.3, -0.25) is 19.4 Å². The minimum atomic E-state index is -0.936. The summed E-state index contributed by atoms with van der Waals surface area (Å²) in [6.07, 6.45) is 0.918. The average molecular weight is 455 g/mol. The third kappa shape index (κ3) is 9.30. The number of carbonyl (C=O) groups is 3. The van der Waals surface area contributed by atoms with Crippen LogP contribution in [0.5, 0.6) is 5.75 Å². The van der Waals surface area contributed by atoms with Crippen LogP contribution in [-0.4, -0.2) is 47.4 Å². The molecule has 9 N–H and O–H groups in total. The van der Waals surface area contributed by atoms with Gasteiger partial charge in [0.1, 0.15) is 17.8 Å². The molecule has 0 spiro atoms. The van der Waals surface area contributed by atoms with Crippen molar-refractivity contribution < 1.29 is 19.5 Å². The zero-order valence-electron chi connectivity index (χ0n) is 18.2. The predicted octanol–water partition coefficient (Wildman–Crippen LogP) is -0.314. The Labute approximate surface area is 192 Å². The molecule has 0 heterocycles. The Morgan fingerprint density at radius 3 is 2.15 bits per heavy atom. The van der Waals surface area contributed by atoms with Gasteiger partial charge in [0.05, 0.1) is 6.42 Å². The lowest BCUT2D eigenvalue weighted by Gasteiger charge is -2.22. The monoisotopic (exact) mass is 454 g/mol. The molecule has 0 unspecified atom stereocenters. The summed E-state index contributed by atoms with van der Waals surface area (Å²) in [5.41, 5.74) is 17.7. The maximum absolute atomic E-state index is 13.0. The van der Waals surface area contributed by atoms with E-state index in [9.17, 15) is 19.5 Å². The molecule has 0 aromatic heterocycles. The molecule has 33 heavy (non-hydrogen) atoms. The van der Waals surface area contributed by atoms with Crippen molar-refractivity contribution in [3.63, 3.8) is 0 Å². The van der Waals surface area contributed by atoms with Crippen molar-refractivity contribution in [3.8, 4) is 5.75 Å². The number of nitrogens with two attached hydrogens (primary N) is 3. The highest BCUT2D eigenvalue weighted by molar-refractivity contribution is 5.92. The first-order valence-electron chi connectivity index (χ1n) is 10.5. The number of hydrogen-bond donors (Lipinski definition) is 6. The van der Waals surface area contributed by atoms with Gasteiger partial charge in [-0.1, -0.05) is 42.5 Å². The van der Waals surface area contributed by atoms with Crippen molar-refractivity contribution >= 4 is 23.7 Å². The molecule has 176 valence electrons.